The molecule has 0 saturated carbocycles. The SMILES string of the molecule is Cc1cccc(CC(C(=O)Nc2cccc(Cl)c2)N2C(=O)c3ccccc3C2=O)c1. The lowest BCUT2D eigenvalue weighted by Crippen LogP contribution is -2.48. The number of anilines is 1. The first kappa shape index (κ1) is 19.9. The van der Waals surface area contributed by atoms with Crippen LogP contribution in [0.15, 0.2) is 72.8 Å². The Morgan fingerprint density at radius 3 is 2.23 bits per heavy atom. The van der Waals surface area contributed by atoms with Gasteiger partial charge < -0.3 is 5.32 Å². The number of carbonyl (C=O) groups excluding carboxylic acids is 3. The van der Waals surface area contributed by atoms with Crippen LogP contribution in [0.4, 0.5) is 5.69 Å². The zero-order chi connectivity index (χ0) is 21.3. The molecule has 1 unspecified atom stereocenters. The normalized spacial score (nSPS) is 13.9. The zero-order valence-electron chi connectivity index (χ0n) is 16.3. The summed E-state index contributed by atoms with van der Waals surface area (Å²) in [5.41, 5.74) is 3.01. The Hall–Kier alpha value is -3.44. The predicted molar refractivity (Wildman–Crippen MR) is 116 cm³/mol. The van der Waals surface area contributed by atoms with Gasteiger partial charge in [-0.1, -0.05) is 59.6 Å². The number of carbonyl (C=O) groups is 3. The topological polar surface area (TPSA) is 66.5 Å². The van der Waals surface area contributed by atoms with E-state index in [1.54, 1.807) is 48.5 Å². The minimum Gasteiger partial charge on any atom is -0.324 e. The van der Waals surface area contributed by atoms with Crippen LogP contribution in [0.2, 0.25) is 5.02 Å². The van der Waals surface area contributed by atoms with E-state index >= 15 is 0 Å². The van der Waals surface area contributed by atoms with Gasteiger partial charge in [0.05, 0.1) is 11.1 Å². The van der Waals surface area contributed by atoms with Crippen molar-refractivity contribution in [2.45, 2.75) is 19.4 Å². The quantitative estimate of drug-likeness (QED) is 0.620. The summed E-state index contributed by atoms with van der Waals surface area (Å²) in [5, 5.41) is 3.27. The number of rotatable bonds is 5. The molecule has 1 N–H and O–H groups in total. The maximum atomic E-state index is 13.2. The molecule has 5 nitrogen and oxygen atoms in total. The molecule has 1 heterocycles. The maximum absolute atomic E-state index is 13.2. The molecule has 0 bridgehead atoms. The van der Waals surface area contributed by atoms with Crippen LogP contribution in [0.25, 0.3) is 0 Å². The van der Waals surface area contributed by atoms with Crippen LogP contribution >= 0.6 is 11.6 Å². The van der Waals surface area contributed by atoms with Gasteiger partial charge in [-0.2, -0.15) is 0 Å². The Balaban J connectivity index is 1.69. The highest BCUT2D eigenvalue weighted by Crippen LogP contribution is 2.27. The lowest BCUT2D eigenvalue weighted by Gasteiger charge is -2.25. The maximum Gasteiger partial charge on any atom is 0.262 e. The summed E-state index contributed by atoms with van der Waals surface area (Å²) in [4.78, 5) is 40.3. The third kappa shape index (κ3) is 3.84. The van der Waals surface area contributed by atoms with Gasteiger partial charge in [0.1, 0.15) is 6.04 Å². The van der Waals surface area contributed by atoms with Gasteiger partial charge >= 0.3 is 0 Å². The van der Waals surface area contributed by atoms with Crippen LogP contribution in [-0.2, 0) is 11.2 Å². The molecule has 1 aliphatic heterocycles. The Morgan fingerprint density at radius 2 is 1.60 bits per heavy atom. The molecule has 30 heavy (non-hydrogen) atoms. The van der Waals surface area contributed by atoms with Crippen LogP contribution in [0, 0.1) is 6.92 Å². The number of imide groups is 1. The highest BCUT2D eigenvalue weighted by molar-refractivity contribution is 6.31. The molecule has 1 atom stereocenters. The number of fused-ring (bicyclic) bond motifs is 1. The molecule has 0 saturated heterocycles. The predicted octanol–water partition coefficient (Wildman–Crippen LogP) is 4.49. The molecule has 1 aliphatic rings. The number of benzene rings is 3. The molecular weight excluding hydrogens is 400 g/mol. The van der Waals surface area contributed by atoms with E-state index in [-0.39, 0.29) is 6.42 Å². The van der Waals surface area contributed by atoms with Crippen LogP contribution in [0.5, 0.6) is 0 Å². The molecule has 0 aromatic heterocycles. The average Bonchev–Trinajstić information content (AvgIpc) is 2.97. The van der Waals surface area contributed by atoms with Gasteiger partial charge in [-0.15, -0.1) is 0 Å². The molecule has 0 aliphatic carbocycles. The molecular formula is C24H19ClN2O3. The third-order valence-electron chi connectivity index (χ3n) is 5.04. The van der Waals surface area contributed by atoms with Crippen molar-refractivity contribution in [2.24, 2.45) is 0 Å². The highest BCUT2D eigenvalue weighted by atomic mass is 35.5. The van der Waals surface area contributed by atoms with E-state index in [0.29, 0.717) is 21.8 Å². The number of amides is 3. The van der Waals surface area contributed by atoms with Crippen molar-refractivity contribution in [1.82, 2.24) is 4.90 Å². The minimum absolute atomic E-state index is 0.208. The Kier molecular flexibility index (Phi) is 5.38. The summed E-state index contributed by atoms with van der Waals surface area (Å²) in [6.45, 7) is 1.95. The molecule has 150 valence electrons. The monoisotopic (exact) mass is 418 g/mol. The standard InChI is InChI=1S/C24H19ClN2O3/c1-15-6-4-7-16(12-15)13-21(22(28)26-18-9-5-8-17(25)14-18)27-23(29)19-10-2-3-11-20(19)24(27)30/h2-12,14,21H,13H2,1H3,(H,26,28). The zero-order valence-corrected chi connectivity index (χ0v) is 17.0. The fourth-order valence-electron chi connectivity index (χ4n) is 3.65. The molecule has 0 fully saturated rings. The lowest BCUT2D eigenvalue weighted by atomic mass is 10.0. The third-order valence-corrected chi connectivity index (χ3v) is 5.28. The average molecular weight is 419 g/mol. The molecule has 3 aromatic rings. The van der Waals surface area contributed by atoms with Gasteiger partial charge in [0.2, 0.25) is 5.91 Å². The van der Waals surface area contributed by atoms with Crippen molar-refractivity contribution in [3.8, 4) is 0 Å². The first-order chi connectivity index (χ1) is 14.4. The van der Waals surface area contributed by atoms with Crippen LogP contribution < -0.4 is 5.32 Å². The van der Waals surface area contributed by atoms with E-state index < -0.39 is 23.8 Å². The van der Waals surface area contributed by atoms with E-state index in [1.807, 2.05) is 31.2 Å². The van der Waals surface area contributed by atoms with Crippen molar-refractivity contribution < 1.29 is 14.4 Å². The molecule has 3 aromatic carbocycles. The van der Waals surface area contributed by atoms with E-state index in [0.717, 1.165) is 16.0 Å². The molecule has 3 amide bonds. The van der Waals surface area contributed by atoms with Gasteiger partial charge in [0, 0.05) is 17.1 Å². The van der Waals surface area contributed by atoms with Crippen molar-refractivity contribution >= 4 is 35.0 Å². The minimum atomic E-state index is -1.00. The van der Waals surface area contributed by atoms with Crippen LogP contribution in [0.3, 0.4) is 0 Å². The van der Waals surface area contributed by atoms with Gasteiger partial charge in [-0.05, 0) is 42.8 Å². The van der Waals surface area contributed by atoms with Crippen molar-refractivity contribution in [1.29, 1.82) is 0 Å². The lowest BCUT2D eigenvalue weighted by molar-refractivity contribution is -0.119. The largest absolute Gasteiger partial charge is 0.324 e. The number of hydrogen-bond donors (Lipinski definition) is 1. The van der Waals surface area contributed by atoms with E-state index in [4.69, 9.17) is 11.6 Å². The van der Waals surface area contributed by atoms with Crippen molar-refractivity contribution in [3.63, 3.8) is 0 Å². The van der Waals surface area contributed by atoms with Gasteiger partial charge in [-0.25, -0.2) is 0 Å². The van der Waals surface area contributed by atoms with E-state index in [9.17, 15) is 14.4 Å². The van der Waals surface area contributed by atoms with Crippen molar-refractivity contribution in [2.75, 3.05) is 5.32 Å². The summed E-state index contributed by atoms with van der Waals surface area (Å²) < 4.78 is 0. The number of hydrogen-bond acceptors (Lipinski definition) is 3. The number of nitrogens with zero attached hydrogens (tertiary/aromatic N) is 1. The first-order valence-corrected chi connectivity index (χ1v) is 9.91. The summed E-state index contributed by atoms with van der Waals surface area (Å²) in [6.07, 6.45) is 0.208. The number of halogens is 1. The molecule has 0 spiro atoms. The smallest absolute Gasteiger partial charge is 0.262 e. The summed E-state index contributed by atoms with van der Waals surface area (Å²) in [6, 6.07) is 20.0. The van der Waals surface area contributed by atoms with Crippen LogP contribution in [-0.4, -0.2) is 28.7 Å². The Bertz CT molecular complexity index is 1120. The molecule has 6 heteroatoms. The van der Waals surface area contributed by atoms with E-state index in [1.165, 1.54) is 0 Å². The summed E-state index contributed by atoms with van der Waals surface area (Å²) in [7, 11) is 0. The summed E-state index contributed by atoms with van der Waals surface area (Å²) in [5.74, 6) is -1.38. The van der Waals surface area contributed by atoms with Gasteiger partial charge in [0.15, 0.2) is 0 Å². The molecule has 4 rings (SSSR count). The van der Waals surface area contributed by atoms with Gasteiger partial charge in [0.25, 0.3) is 11.8 Å². The summed E-state index contributed by atoms with van der Waals surface area (Å²) >= 11 is 6.02. The van der Waals surface area contributed by atoms with Gasteiger partial charge in [-0.3, -0.25) is 19.3 Å². The fraction of sp³-hybridized carbons (Fsp3) is 0.125. The van der Waals surface area contributed by atoms with Crippen LogP contribution in [0.1, 0.15) is 31.8 Å². The highest BCUT2D eigenvalue weighted by Gasteiger charge is 2.42. The Morgan fingerprint density at radius 1 is 0.933 bits per heavy atom. The second kappa shape index (κ2) is 8.13. The van der Waals surface area contributed by atoms with Crippen molar-refractivity contribution in [3.05, 3.63) is 100 Å². The Labute approximate surface area is 179 Å². The first-order valence-electron chi connectivity index (χ1n) is 9.53. The van der Waals surface area contributed by atoms with E-state index in [2.05, 4.69) is 5.32 Å². The second-order valence-corrected chi connectivity index (χ2v) is 7.67. The fourth-order valence-corrected chi connectivity index (χ4v) is 3.84. The molecule has 0 radical (unpaired) electrons. The second-order valence-electron chi connectivity index (χ2n) is 7.23. The number of nitrogens with one attached hydrogen (secondary N) is 1. The number of aryl methyl sites for hydroxylation is 1.